The van der Waals surface area contributed by atoms with Crippen molar-refractivity contribution in [2.45, 2.75) is 18.2 Å². The number of rotatable bonds is 4. The molecule has 1 aliphatic rings. The molecular weight excluding hydrogens is 385 g/mol. The average molecular weight is 402 g/mol. The summed E-state index contributed by atoms with van der Waals surface area (Å²) in [6.07, 6.45) is -4.41. The second-order valence-corrected chi connectivity index (χ2v) is 7.05. The van der Waals surface area contributed by atoms with Crippen LogP contribution in [-0.4, -0.2) is 39.9 Å². The highest BCUT2D eigenvalue weighted by Gasteiger charge is 2.36. The molecule has 0 saturated carbocycles. The molecule has 3 aromatic rings. The molecule has 1 atom stereocenters. The van der Waals surface area contributed by atoms with Gasteiger partial charge in [0.1, 0.15) is 11.3 Å². The molecule has 1 unspecified atom stereocenters. The lowest BCUT2D eigenvalue weighted by atomic mass is 10.0. The molecule has 1 aliphatic heterocycles. The Hall–Kier alpha value is -3.20. The SMILES string of the molecule is O=C1CC(O)(CNc2nnc(-c3ccc(C(F)(F)F)cc3)c3ccccc23)CN1. The number of amides is 1. The monoisotopic (exact) mass is 402 g/mol. The summed E-state index contributed by atoms with van der Waals surface area (Å²) in [7, 11) is 0. The van der Waals surface area contributed by atoms with E-state index in [-0.39, 0.29) is 25.4 Å². The van der Waals surface area contributed by atoms with E-state index in [2.05, 4.69) is 20.8 Å². The Balaban J connectivity index is 1.66. The van der Waals surface area contributed by atoms with Crippen LogP contribution >= 0.6 is 0 Å². The smallest absolute Gasteiger partial charge is 0.386 e. The van der Waals surface area contributed by atoms with E-state index in [1.54, 1.807) is 18.2 Å². The first-order valence-electron chi connectivity index (χ1n) is 8.91. The molecule has 2 aromatic carbocycles. The summed E-state index contributed by atoms with van der Waals surface area (Å²) in [5.41, 5.74) is -0.982. The van der Waals surface area contributed by atoms with E-state index in [0.717, 1.165) is 12.1 Å². The summed E-state index contributed by atoms with van der Waals surface area (Å²) in [5.74, 6) is 0.201. The highest BCUT2D eigenvalue weighted by atomic mass is 19.4. The zero-order valence-corrected chi connectivity index (χ0v) is 15.1. The van der Waals surface area contributed by atoms with Crippen LogP contribution in [0.5, 0.6) is 0 Å². The largest absolute Gasteiger partial charge is 0.416 e. The van der Waals surface area contributed by atoms with Crippen molar-refractivity contribution in [2.75, 3.05) is 18.4 Å². The van der Waals surface area contributed by atoms with Crippen LogP contribution in [0.4, 0.5) is 19.0 Å². The van der Waals surface area contributed by atoms with E-state index < -0.39 is 17.3 Å². The second-order valence-electron chi connectivity index (χ2n) is 7.05. The van der Waals surface area contributed by atoms with Gasteiger partial charge in [-0.2, -0.15) is 13.2 Å². The number of aliphatic hydroxyl groups is 1. The fraction of sp³-hybridized carbons (Fsp3) is 0.250. The van der Waals surface area contributed by atoms with E-state index in [9.17, 15) is 23.1 Å². The van der Waals surface area contributed by atoms with Crippen LogP contribution in [0.25, 0.3) is 22.0 Å². The molecule has 2 heterocycles. The fourth-order valence-corrected chi connectivity index (χ4v) is 3.32. The fourth-order valence-electron chi connectivity index (χ4n) is 3.32. The maximum absolute atomic E-state index is 12.8. The molecule has 1 fully saturated rings. The van der Waals surface area contributed by atoms with Gasteiger partial charge in [-0.1, -0.05) is 36.4 Å². The molecule has 1 aromatic heterocycles. The summed E-state index contributed by atoms with van der Waals surface area (Å²) < 4.78 is 38.4. The highest BCUT2D eigenvalue weighted by Crippen LogP contribution is 2.33. The van der Waals surface area contributed by atoms with Gasteiger partial charge in [0, 0.05) is 29.4 Å². The van der Waals surface area contributed by atoms with Gasteiger partial charge in [0.2, 0.25) is 5.91 Å². The number of anilines is 1. The number of carbonyl (C=O) groups is 1. The number of aromatic nitrogens is 2. The predicted octanol–water partition coefficient (Wildman–Crippen LogP) is 2.98. The molecule has 150 valence electrons. The molecule has 4 rings (SSSR count). The lowest BCUT2D eigenvalue weighted by Crippen LogP contribution is -2.39. The number of halogens is 3. The number of nitrogens with zero attached hydrogens (tertiary/aromatic N) is 2. The van der Waals surface area contributed by atoms with Crippen molar-refractivity contribution in [3.63, 3.8) is 0 Å². The van der Waals surface area contributed by atoms with Gasteiger partial charge in [0.25, 0.3) is 0 Å². The number of β-amino-alcohol motifs (C(OH)–C–C–N with tert-alkyl or cyclic N) is 1. The van der Waals surface area contributed by atoms with Crippen molar-refractivity contribution in [1.82, 2.24) is 15.5 Å². The van der Waals surface area contributed by atoms with Crippen LogP contribution in [0.3, 0.4) is 0 Å². The molecule has 3 N–H and O–H groups in total. The van der Waals surface area contributed by atoms with Crippen molar-refractivity contribution < 1.29 is 23.1 Å². The first kappa shape index (κ1) is 19.1. The Morgan fingerprint density at radius 2 is 1.76 bits per heavy atom. The minimum Gasteiger partial charge on any atom is -0.386 e. The zero-order valence-electron chi connectivity index (χ0n) is 15.1. The zero-order chi connectivity index (χ0) is 20.6. The van der Waals surface area contributed by atoms with Crippen molar-refractivity contribution >= 4 is 22.5 Å². The van der Waals surface area contributed by atoms with Crippen LogP contribution in [0.2, 0.25) is 0 Å². The van der Waals surface area contributed by atoms with E-state index in [0.29, 0.717) is 27.8 Å². The van der Waals surface area contributed by atoms with Gasteiger partial charge < -0.3 is 15.7 Å². The van der Waals surface area contributed by atoms with Gasteiger partial charge in [-0.15, -0.1) is 10.2 Å². The minimum atomic E-state index is -4.41. The van der Waals surface area contributed by atoms with Gasteiger partial charge in [-0.05, 0) is 12.1 Å². The first-order chi connectivity index (χ1) is 13.8. The van der Waals surface area contributed by atoms with Gasteiger partial charge in [0.05, 0.1) is 12.0 Å². The topological polar surface area (TPSA) is 87.1 Å². The second kappa shape index (κ2) is 7.00. The van der Waals surface area contributed by atoms with Gasteiger partial charge in [-0.3, -0.25) is 4.79 Å². The molecule has 29 heavy (non-hydrogen) atoms. The van der Waals surface area contributed by atoms with Crippen molar-refractivity contribution in [3.05, 3.63) is 54.1 Å². The maximum atomic E-state index is 12.8. The number of nitrogens with one attached hydrogen (secondary N) is 2. The Bertz CT molecular complexity index is 1070. The van der Waals surface area contributed by atoms with Crippen molar-refractivity contribution in [3.8, 4) is 11.3 Å². The maximum Gasteiger partial charge on any atom is 0.416 e. The number of hydrogen-bond acceptors (Lipinski definition) is 5. The average Bonchev–Trinajstić information content (AvgIpc) is 3.04. The van der Waals surface area contributed by atoms with Gasteiger partial charge in [-0.25, -0.2) is 0 Å². The molecule has 0 spiro atoms. The molecule has 0 aliphatic carbocycles. The molecule has 1 saturated heterocycles. The number of carbonyl (C=O) groups excluding carboxylic acids is 1. The molecule has 9 heteroatoms. The van der Waals surface area contributed by atoms with E-state index >= 15 is 0 Å². The first-order valence-corrected chi connectivity index (χ1v) is 8.91. The third kappa shape index (κ3) is 3.86. The Kier molecular flexibility index (Phi) is 4.62. The van der Waals surface area contributed by atoms with E-state index in [1.165, 1.54) is 12.1 Å². The summed E-state index contributed by atoms with van der Waals surface area (Å²) in [5, 5.41) is 25.8. The highest BCUT2D eigenvalue weighted by molar-refractivity contribution is 6.00. The normalized spacial score (nSPS) is 19.4. The third-order valence-electron chi connectivity index (χ3n) is 4.86. The number of fused-ring (bicyclic) bond motifs is 1. The summed E-state index contributed by atoms with van der Waals surface area (Å²) in [6.45, 7) is 0.248. The number of hydrogen-bond donors (Lipinski definition) is 3. The number of benzene rings is 2. The van der Waals surface area contributed by atoms with Crippen molar-refractivity contribution in [2.24, 2.45) is 0 Å². The van der Waals surface area contributed by atoms with E-state index in [1.807, 2.05) is 6.07 Å². The summed E-state index contributed by atoms with van der Waals surface area (Å²) >= 11 is 0. The Labute approximate surface area is 163 Å². The quantitative estimate of drug-likeness (QED) is 0.625. The molecule has 1 amide bonds. The van der Waals surface area contributed by atoms with Crippen LogP contribution in [0.15, 0.2) is 48.5 Å². The van der Waals surface area contributed by atoms with Gasteiger partial charge >= 0.3 is 6.18 Å². The Morgan fingerprint density at radius 3 is 2.38 bits per heavy atom. The lowest BCUT2D eigenvalue weighted by molar-refractivity contribution is -0.137. The summed E-state index contributed by atoms with van der Waals surface area (Å²) in [4.78, 5) is 11.4. The molecule has 6 nitrogen and oxygen atoms in total. The van der Waals surface area contributed by atoms with Crippen LogP contribution in [0, 0.1) is 0 Å². The van der Waals surface area contributed by atoms with Crippen molar-refractivity contribution in [1.29, 1.82) is 0 Å². The van der Waals surface area contributed by atoms with Crippen LogP contribution in [-0.2, 0) is 11.0 Å². The lowest BCUT2D eigenvalue weighted by Gasteiger charge is -2.21. The third-order valence-corrected chi connectivity index (χ3v) is 4.86. The molecular formula is C20H17F3N4O2. The number of alkyl halides is 3. The predicted molar refractivity (Wildman–Crippen MR) is 101 cm³/mol. The molecule has 0 bridgehead atoms. The Morgan fingerprint density at radius 1 is 1.07 bits per heavy atom. The van der Waals surface area contributed by atoms with Gasteiger partial charge in [0.15, 0.2) is 5.82 Å². The van der Waals surface area contributed by atoms with Crippen LogP contribution < -0.4 is 10.6 Å². The van der Waals surface area contributed by atoms with E-state index in [4.69, 9.17) is 0 Å². The van der Waals surface area contributed by atoms with Crippen LogP contribution in [0.1, 0.15) is 12.0 Å². The minimum absolute atomic E-state index is 0.00496. The standard InChI is InChI=1S/C20H17F3N4O2/c21-20(22,23)13-7-5-12(6-8-13)17-14-3-1-2-4-15(14)18(27-26-17)25-11-19(29)9-16(28)24-10-19/h1-8,29H,9-11H2,(H,24,28)(H,25,27). The molecule has 0 radical (unpaired) electrons. The summed E-state index contributed by atoms with van der Waals surface area (Å²) in [6, 6.07) is 12.0.